The molecule has 0 fully saturated rings. The summed E-state index contributed by atoms with van der Waals surface area (Å²) in [6.45, 7) is 0. The summed E-state index contributed by atoms with van der Waals surface area (Å²) in [5, 5.41) is 5.67. The number of carbonyl (C=O) groups is 1. The summed E-state index contributed by atoms with van der Waals surface area (Å²) in [5.74, 6) is 0.566. The lowest BCUT2D eigenvalue weighted by Gasteiger charge is -2.26. The van der Waals surface area contributed by atoms with E-state index in [-0.39, 0.29) is 11.9 Å². The number of amides is 1. The monoisotopic (exact) mass is 347 g/mol. The Morgan fingerprint density at radius 2 is 1.80 bits per heavy atom. The zero-order chi connectivity index (χ0) is 17.1. The first-order valence-electron chi connectivity index (χ1n) is 8.78. The number of nitrogens with one attached hydrogen (secondary N) is 1. The quantitative estimate of drug-likeness (QED) is 0.663. The number of carbonyl (C=O) groups excluding carboxylic acids is 1. The van der Waals surface area contributed by atoms with E-state index in [2.05, 4.69) is 59.9 Å². The number of fused-ring (bicyclic) bond motifs is 2. The van der Waals surface area contributed by atoms with Crippen LogP contribution in [0, 0.1) is 0 Å². The standard InChI is InChI=1S/C22H21NOS/c24-22(23-21-11-5-9-17-7-3-4-10-20(17)21)15-25-19-13-12-16-6-1-2-8-18(16)14-19/h1-4,6-8,10,12-14,21H,5,9,11,15H2,(H,23,24)/t21-/m1/s1. The van der Waals surface area contributed by atoms with E-state index in [9.17, 15) is 4.79 Å². The van der Waals surface area contributed by atoms with Crippen molar-refractivity contribution in [1.29, 1.82) is 0 Å². The molecule has 0 unspecified atom stereocenters. The van der Waals surface area contributed by atoms with Gasteiger partial charge >= 0.3 is 0 Å². The molecule has 0 bridgehead atoms. The molecule has 1 amide bonds. The molecule has 3 heteroatoms. The van der Waals surface area contributed by atoms with E-state index in [1.807, 2.05) is 12.1 Å². The van der Waals surface area contributed by atoms with Crippen molar-refractivity contribution in [3.8, 4) is 0 Å². The predicted octanol–water partition coefficient (Wildman–Crippen LogP) is 5.13. The summed E-state index contributed by atoms with van der Waals surface area (Å²) in [7, 11) is 0. The summed E-state index contributed by atoms with van der Waals surface area (Å²) in [5.41, 5.74) is 2.67. The highest BCUT2D eigenvalue weighted by Gasteiger charge is 2.21. The molecule has 2 nitrogen and oxygen atoms in total. The normalized spacial score (nSPS) is 16.4. The molecule has 1 N–H and O–H groups in total. The van der Waals surface area contributed by atoms with Crippen molar-refractivity contribution in [2.45, 2.75) is 30.2 Å². The molecule has 126 valence electrons. The maximum Gasteiger partial charge on any atom is 0.230 e. The van der Waals surface area contributed by atoms with Gasteiger partial charge in [0.05, 0.1) is 11.8 Å². The van der Waals surface area contributed by atoms with Crippen molar-refractivity contribution in [1.82, 2.24) is 5.32 Å². The van der Waals surface area contributed by atoms with E-state index in [0.717, 1.165) is 24.2 Å². The van der Waals surface area contributed by atoms with Crippen LogP contribution in [0.3, 0.4) is 0 Å². The van der Waals surface area contributed by atoms with E-state index in [1.54, 1.807) is 11.8 Å². The van der Waals surface area contributed by atoms with Crippen molar-refractivity contribution in [3.05, 3.63) is 77.9 Å². The topological polar surface area (TPSA) is 29.1 Å². The van der Waals surface area contributed by atoms with Crippen molar-refractivity contribution in [2.75, 3.05) is 5.75 Å². The maximum atomic E-state index is 12.4. The Morgan fingerprint density at radius 3 is 2.72 bits per heavy atom. The summed E-state index contributed by atoms with van der Waals surface area (Å²) < 4.78 is 0. The highest BCUT2D eigenvalue weighted by Crippen LogP contribution is 2.30. The van der Waals surface area contributed by atoms with Crippen LogP contribution in [0.1, 0.15) is 30.0 Å². The van der Waals surface area contributed by atoms with E-state index >= 15 is 0 Å². The number of aryl methyl sites for hydroxylation is 1. The second-order valence-corrected chi connectivity index (χ2v) is 7.56. The van der Waals surface area contributed by atoms with Gasteiger partial charge in [0, 0.05) is 4.90 Å². The number of benzene rings is 3. The Labute approximate surface area is 152 Å². The first-order chi connectivity index (χ1) is 12.3. The smallest absolute Gasteiger partial charge is 0.230 e. The minimum atomic E-state index is 0.111. The first kappa shape index (κ1) is 16.2. The van der Waals surface area contributed by atoms with E-state index < -0.39 is 0 Å². The lowest BCUT2D eigenvalue weighted by atomic mass is 9.88. The minimum Gasteiger partial charge on any atom is -0.349 e. The minimum absolute atomic E-state index is 0.111. The van der Waals surface area contributed by atoms with Gasteiger partial charge in [0.25, 0.3) is 0 Å². The van der Waals surface area contributed by atoms with Crippen LogP contribution in [-0.4, -0.2) is 11.7 Å². The van der Waals surface area contributed by atoms with Gasteiger partial charge in [-0.2, -0.15) is 0 Å². The third-order valence-corrected chi connectivity index (χ3v) is 5.79. The molecular formula is C22H21NOS. The molecular weight excluding hydrogens is 326 g/mol. The zero-order valence-electron chi connectivity index (χ0n) is 14.1. The van der Waals surface area contributed by atoms with Crippen molar-refractivity contribution < 1.29 is 4.79 Å². The lowest BCUT2D eigenvalue weighted by Crippen LogP contribution is -2.32. The summed E-state index contributed by atoms with van der Waals surface area (Å²) in [6, 6.07) is 23.3. The van der Waals surface area contributed by atoms with Crippen LogP contribution in [0.2, 0.25) is 0 Å². The van der Waals surface area contributed by atoms with E-state index in [4.69, 9.17) is 0 Å². The van der Waals surface area contributed by atoms with Gasteiger partial charge in [0.2, 0.25) is 5.91 Å². The Hall–Kier alpha value is -2.26. The van der Waals surface area contributed by atoms with Gasteiger partial charge in [0.1, 0.15) is 0 Å². The Kier molecular flexibility index (Phi) is 4.75. The van der Waals surface area contributed by atoms with Crippen molar-refractivity contribution >= 4 is 28.4 Å². The Bertz CT molecular complexity index is 905. The average Bonchev–Trinajstić information content (AvgIpc) is 2.66. The fourth-order valence-electron chi connectivity index (χ4n) is 3.55. The molecule has 0 radical (unpaired) electrons. The first-order valence-corrected chi connectivity index (χ1v) is 9.77. The van der Waals surface area contributed by atoms with Crippen LogP contribution in [0.4, 0.5) is 0 Å². The van der Waals surface area contributed by atoms with E-state index in [0.29, 0.717) is 5.75 Å². The largest absolute Gasteiger partial charge is 0.349 e. The van der Waals surface area contributed by atoms with Crippen LogP contribution in [0.25, 0.3) is 10.8 Å². The fourth-order valence-corrected chi connectivity index (χ4v) is 4.30. The van der Waals surface area contributed by atoms with Gasteiger partial charge in [-0.1, -0.05) is 54.6 Å². The molecule has 25 heavy (non-hydrogen) atoms. The summed E-state index contributed by atoms with van der Waals surface area (Å²) in [6.07, 6.45) is 3.29. The number of hydrogen-bond acceptors (Lipinski definition) is 2. The highest BCUT2D eigenvalue weighted by molar-refractivity contribution is 8.00. The molecule has 3 aromatic rings. The summed E-state index contributed by atoms with van der Waals surface area (Å²) in [4.78, 5) is 13.6. The van der Waals surface area contributed by atoms with Crippen LogP contribution in [0.5, 0.6) is 0 Å². The predicted molar refractivity (Wildman–Crippen MR) is 105 cm³/mol. The van der Waals surface area contributed by atoms with Crippen molar-refractivity contribution in [3.63, 3.8) is 0 Å². The van der Waals surface area contributed by atoms with Crippen LogP contribution in [0.15, 0.2) is 71.6 Å². The van der Waals surface area contributed by atoms with Gasteiger partial charge in [-0.3, -0.25) is 4.79 Å². The van der Waals surface area contributed by atoms with Gasteiger partial charge in [0.15, 0.2) is 0 Å². The van der Waals surface area contributed by atoms with Crippen LogP contribution in [-0.2, 0) is 11.2 Å². The van der Waals surface area contributed by atoms with Crippen LogP contribution < -0.4 is 5.32 Å². The van der Waals surface area contributed by atoms with Gasteiger partial charge in [-0.15, -0.1) is 11.8 Å². The van der Waals surface area contributed by atoms with Gasteiger partial charge in [-0.25, -0.2) is 0 Å². The third kappa shape index (κ3) is 3.72. The van der Waals surface area contributed by atoms with Gasteiger partial charge in [-0.05, 0) is 53.3 Å². The molecule has 0 saturated carbocycles. The number of rotatable bonds is 4. The van der Waals surface area contributed by atoms with Gasteiger partial charge < -0.3 is 5.32 Å². The Balaban J connectivity index is 1.39. The molecule has 0 aliphatic heterocycles. The molecule has 1 atom stereocenters. The number of hydrogen-bond donors (Lipinski definition) is 1. The molecule has 1 aliphatic carbocycles. The summed E-state index contributed by atoms with van der Waals surface area (Å²) >= 11 is 1.60. The zero-order valence-corrected chi connectivity index (χ0v) is 14.9. The molecule has 4 rings (SSSR count). The lowest BCUT2D eigenvalue weighted by molar-refractivity contribution is -0.119. The average molecular weight is 347 g/mol. The second kappa shape index (κ2) is 7.32. The second-order valence-electron chi connectivity index (χ2n) is 6.51. The Morgan fingerprint density at radius 1 is 1.00 bits per heavy atom. The van der Waals surface area contributed by atoms with Crippen molar-refractivity contribution in [2.24, 2.45) is 0 Å². The third-order valence-electron chi connectivity index (χ3n) is 4.80. The SMILES string of the molecule is O=C(CSc1ccc2ccccc2c1)N[C@@H]1CCCc2ccccc21. The molecule has 0 spiro atoms. The highest BCUT2D eigenvalue weighted by atomic mass is 32.2. The van der Waals surface area contributed by atoms with E-state index in [1.165, 1.54) is 21.9 Å². The molecule has 0 saturated heterocycles. The molecule has 0 heterocycles. The molecule has 3 aromatic carbocycles. The molecule has 1 aliphatic rings. The fraction of sp³-hybridized carbons (Fsp3) is 0.227. The number of thioether (sulfide) groups is 1. The van der Waals surface area contributed by atoms with Crippen LogP contribution >= 0.6 is 11.8 Å². The molecule has 0 aromatic heterocycles. The maximum absolute atomic E-state index is 12.4.